The molecule has 3 atom stereocenters. The Balaban J connectivity index is 1.95. The van der Waals surface area contributed by atoms with E-state index in [4.69, 9.17) is 14.2 Å². The first-order valence-electron chi connectivity index (χ1n) is 4.70. The molecule has 0 spiro atoms. The highest BCUT2D eigenvalue weighted by Gasteiger charge is 2.42. The zero-order chi connectivity index (χ0) is 9.47. The minimum Gasteiger partial charge on any atom is -0.390 e. The predicted octanol–water partition coefficient (Wildman–Crippen LogP) is 0.288. The molecule has 2 fully saturated rings. The fourth-order valence-electron chi connectivity index (χ4n) is 1.83. The Kier molecular flexibility index (Phi) is 2.32. The van der Waals surface area contributed by atoms with Gasteiger partial charge in [-0.1, -0.05) is 0 Å². The molecule has 4 nitrogen and oxygen atoms in total. The largest absolute Gasteiger partial charge is 0.390 e. The van der Waals surface area contributed by atoms with Crippen LogP contribution in [0.2, 0.25) is 0 Å². The molecule has 0 radical (unpaired) electrons. The molecule has 2 aliphatic heterocycles. The maximum atomic E-state index is 9.56. The van der Waals surface area contributed by atoms with Crippen LogP contribution in [0.25, 0.3) is 0 Å². The Morgan fingerprint density at radius 2 is 2.15 bits per heavy atom. The van der Waals surface area contributed by atoms with Crippen LogP contribution < -0.4 is 0 Å². The van der Waals surface area contributed by atoms with Crippen LogP contribution in [0.15, 0.2) is 0 Å². The van der Waals surface area contributed by atoms with Gasteiger partial charge in [-0.2, -0.15) is 0 Å². The smallest absolute Gasteiger partial charge is 0.163 e. The Bertz CT molecular complexity index is 192. The minimum absolute atomic E-state index is 0.118. The van der Waals surface area contributed by atoms with Crippen molar-refractivity contribution in [3.05, 3.63) is 0 Å². The number of ether oxygens (including phenoxy) is 3. The van der Waals surface area contributed by atoms with Crippen molar-refractivity contribution in [3.63, 3.8) is 0 Å². The van der Waals surface area contributed by atoms with Gasteiger partial charge in [0, 0.05) is 6.61 Å². The van der Waals surface area contributed by atoms with Gasteiger partial charge in [0.05, 0.1) is 12.7 Å². The molecule has 2 saturated heterocycles. The van der Waals surface area contributed by atoms with Crippen molar-refractivity contribution in [3.8, 4) is 0 Å². The van der Waals surface area contributed by atoms with Crippen molar-refractivity contribution in [2.45, 2.75) is 44.4 Å². The van der Waals surface area contributed by atoms with E-state index in [9.17, 15) is 5.11 Å². The monoisotopic (exact) mass is 188 g/mol. The lowest BCUT2D eigenvalue weighted by molar-refractivity contribution is -0.157. The third-order valence-corrected chi connectivity index (χ3v) is 2.50. The first kappa shape index (κ1) is 9.40. The van der Waals surface area contributed by atoms with Crippen LogP contribution in [0.5, 0.6) is 0 Å². The average molecular weight is 188 g/mol. The van der Waals surface area contributed by atoms with Crippen molar-refractivity contribution >= 4 is 0 Å². The van der Waals surface area contributed by atoms with Crippen LogP contribution in [0.1, 0.15) is 20.3 Å². The van der Waals surface area contributed by atoms with Gasteiger partial charge in [0.15, 0.2) is 5.79 Å². The SMILES string of the molecule is CC1(C)OCC(C2OCCC2O)O1. The van der Waals surface area contributed by atoms with Gasteiger partial charge in [0.1, 0.15) is 12.2 Å². The van der Waals surface area contributed by atoms with Crippen LogP contribution >= 0.6 is 0 Å². The van der Waals surface area contributed by atoms with Crippen molar-refractivity contribution < 1.29 is 19.3 Å². The number of rotatable bonds is 1. The van der Waals surface area contributed by atoms with E-state index in [1.807, 2.05) is 13.8 Å². The minimum atomic E-state index is -0.531. The summed E-state index contributed by atoms with van der Waals surface area (Å²) in [7, 11) is 0. The van der Waals surface area contributed by atoms with Crippen molar-refractivity contribution in [2.75, 3.05) is 13.2 Å². The molecule has 3 unspecified atom stereocenters. The Morgan fingerprint density at radius 1 is 1.38 bits per heavy atom. The molecular formula is C9H16O4. The lowest BCUT2D eigenvalue weighted by Crippen LogP contribution is -2.37. The lowest BCUT2D eigenvalue weighted by Gasteiger charge is -2.22. The quantitative estimate of drug-likeness (QED) is 0.642. The standard InChI is InChI=1S/C9H16O4/c1-9(2)12-5-7(13-9)8-6(10)3-4-11-8/h6-8,10H,3-5H2,1-2H3. The van der Waals surface area contributed by atoms with E-state index >= 15 is 0 Å². The normalized spacial score (nSPS) is 44.1. The van der Waals surface area contributed by atoms with Crippen molar-refractivity contribution in [1.82, 2.24) is 0 Å². The molecule has 1 N–H and O–H groups in total. The van der Waals surface area contributed by atoms with E-state index in [1.54, 1.807) is 0 Å². The summed E-state index contributed by atoms with van der Waals surface area (Å²) in [6.45, 7) is 4.86. The maximum absolute atomic E-state index is 9.56. The van der Waals surface area contributed by atoms with Gasteiger partial charge >= 0.3 is 0 Å². The Hall–Kier alpha value is -0.160. The molecule has 2 aliphatic rings. The summed E-state index contributed by atoms with van der Waals surface area (Å²) in [4.78, 5) is 0. The first-order chi connectivity index (χ1) is 6.08. The summed E-state index contributed by atoms with van der Waals surface area (Å²) in [6, 6.07) is 0. The summed E-state index contributed by atoms with van der Waals surface area (Å²) in [5.41, 5.74) is 0. The molecule has 2 heterocycles. The predicted molar refractivity (Wildman–Crippen MR) is 45.3 cm³/mol. The van der Waals surface area contributed by atoms with Crippen LogP contribution in [0.3, 0.4) is 0 Å². The second-order valence-electron chi connectivity index (χ2n) is 4.06. The van der Waals surface area contributed by atoms with Crippen molar-refractivity contribution in [1.29, 1.82) is 0 Å². The van der Waals surface area contributed by atoms with Gasteiger partial charge in [0.2, 0.25) is 0 Å². The number of aliphatic hydroxyl groups is 1. The number of aliphatic hydroxyl groups excluding tert-OH is 1. The van der Waals surface area contributed by atoms with E-state index in [0.29, 0.717) is 19.6 Å². The van der Waals surface area contributed by atoms with Gasteiger partial charge in [-0.15, -0.1) is 0 Å². The van der Waals surface area contributed by atoms with Crippen molar-refractivity contribution in [2.24, 2.45) is 0 Å². The highest BCUT2D eigenvalue weighted by molar-refractivity contribution is 4.86. The molecule has 0 aromatic rings. The zero-order valence-electron chi connectivity index (χ0n) is 8.03. The second-order valence-corrected chi connectivity index (χ2v) is 4.06. The van der Waals surface area contributed by atoms with Crippen LogP contribution in [-0.4, -0.2) is 42.4 Å². The van der Waals surface area contributed by atoms with Gasteiger partial charge in [-0.25, -0.2) is 0 Å². The summed E-state index contributed by atoms with van der Waals surface area (Å²) in [5.74, 6) is -0.531. The number of hydrogen-bond acceptors (Lipinski definition) is 4. The molecule has 76 valence electrons. The Morgan fingerprint density at radius 3 is 2.62 bits per heavy atom. The van der Waals surface area contributed by atoms with Gasteiger partial charge in [-0.05, 0) is 20.3 Å². The third kappa shape index (κ3) is 1.86. The summed E-state index contributed by atoms with van der Waals surface area (Å²) in [5, 5.41) is 9.56. The van der Waals surface area contributed by atoms with E-state index in [1.165, 1.54) is 0 Å². The lowest BCUT2D eigenvalue weighted by atomic mass is 10.1. The molecule has 4 heteroatoms. The molecule has 0 bridgehead atoms. The molecule has 0 saturated carbocycles. The molecule has 2 rings (SSSR count). The van der Waals surface area contributed by atoms with E-state index in [2.05, 4.69) is 0 Å². The molecule has 0 amide bonds. The molecule has 0 aromatic heterocycles. The fraction of sp³-hybridized carbons (Fsp3) is 1.00. The van der Waals surface area contributed by atoms with Gasteiger partial charge in [-0.3, -0.25) is 0 Å². The first-order valence-corrected chi connectivity index (χ1v) is 4.70. The Labute approximate surface area is 77.8 Å². The topological polar surface area (TPSA) is 47.9 Å². The van der Waals surface area contributed by atoms with E-state index in [-0.39, 0.29) is 12.2 Å². The van der Waals surface area contributed by atoms with E-state index < -0.39 is 11.9 Å². The summed E-state index contributed by atoms with van der Waals surface area (Å²) in [6.07, 6.45) is -0.0258. The maximum Gasteiger partial charge on any atom is 0.163 e. The average Bonchev–Trinajstić information content (AvgIpc) is 2.56. The molecule has 0 aromatic carbocycles. The summed E-state index contributed by atoms with van der Waals surface area (Å²) < 4.78 is 16.4. The van der Waals surface area contributed by atoms with Crippen LogP contribution in [0, 0.1) is 0 Å². The third-order valence-electron chi connectivity index (χ3n) is 2.50. The number of hydrogen-bond donors (Lipinski definition) is 1. The van der Waals surface area contributed by atoms with Crippen LogP contribution in [-0.2, 0) is 14.2 Å². The van der Waals surface area contributed by atoms with Crippen LogP contribution in [0.4, 0.5) is 0 Å². The second kappa shape index (κ2) is 3.20. The fourth-order valence-corrected chi connectivity index (χ4v) is 1.83. The molecular weight excluding hydrogens is 172 g/mol. The highest BCUT2D eigenvalue weighted by Crippen LogP contribution is 2.29. The highest BCUT2D eigenvalue weighted by atomic mass is 16.7. The summed E-state index contributed by atoms with van der Waals surface area (Å²) >= 11 is 0. The van der Waals surface area contributed by atoms with Gasteiger partial charge in [0.25, 0.3) is 0 Å². The van der Waals surface area contributed by atoms with Gasteiger partial charge < -0.3 is 19.3 Å². The molecule has 0 aliphatic carbocycles. The zero-order valence-corrected chi connectivity index (χ0v) is 8.03. The molecule has 13 heavy (non-hydrogen) atoms. The van der Waals surface area contributed by atoms with E-state index in [0.717, 1.165) is 0 Å².